The lowest BCUT2D eigenvalue weighted by atomic mass is 9.85. The van der Waals surface area contributed by atoms with Crippen molar-refractivity contribution in [3.63, 3.8) is 0 Å². The number of nitrogens with zero attached hydrogens (tertiary/aromatic N) is 3. The van der Waals surface area contributed by atoms with E-state index < -0.39 is 50.8 Å². The summed E-state index contributed by atoms with van der Waals surface area (Å²) in [6, 6.07) is 1.25. The summed E-state index contributed by atoms with van der Waals surface area (Å²) in [6.45, 7) is 0.342. The molecule has 10 nitrogen and oxygen atoms in total. The number of carboxylic acid groups (broad SMARTS) is 1. The summed E-state index contributed by atoms with van der Waals surface area (Å²) in [7, 11) is -2.46. The van der Waals surface area contributed by atoms with Crippen LogP contribution in [0.25, 0.3) is 0 Å². The number of esters is 1. The van der Waals surface area contributed by atoms with Crippen molar-refractivity contribution in [2.75, 3.05) is 20.2 Å². The second-order valence-electron chi connectivity index (χ2n) is 9.77. The topological polar surface area (TPSA) is 138 Å². The molecule has 2 N–H and O–H groups in total. The van der Waals surface area contributed by atoms with Crippen LogP contribution in [0.4, 0.5) is 8.78 Å². The number of carboxylic acids is 1. The molecule has 0 unspecified atom stereocenters. The van der Waals surface area contributed by atoms with Gasteiger partial charge in [-0.2, -0.15) is 0 Å². The number of allylic oxidation sites excluding steroid dienone is 1. The van der Waals surface area contributed by atoms with E-state index in [9.17, 15) is 26.8 Å². The first-order valence-corrected chi connectivity index (χ1v) is 15.6. The Labute approximate surface area is 241 Å². The molecule has 40 heavy (non-hydrogen) atoms. The van der Waals surface area contributed by atoms with Gasteiger partial charge in [0.2, 0.25) is 10.0 Å². The molecule has 0 radical (unpaired) electrons. The standard InChI is InChI=1S/C25H25BrF2N4O6S2/c1-38-25(35)17-20(12-4-7-32(8-5-12)40(36,37)14-10-13(11-14)24(33)34)30-22(23-29-6-9-39-23)31-21(17)15-2-3-16(27)19(28)18(15)26/h2-3,6,9,12-14,21H,4-5,7-8,10-11H2,1H3,(H,30,31)(H,33,34)/t13-,14-,21-/m1/s1. The Bertz CT molecular complexity index is 1500. The minimum absolute atomic E-state index is 0.0925. The van der Waals surface area contributed by atoms with Crippen LogP contribution in [-0.4, -0.2) is 66.0 Å². The predicted molar refractivity (Wildman–Crippen MR) is 145 cm³/mol. The summed E-state index contributed by atoms with van der Waals surface area (Å²) in [5.41, 5.74) is 0.782. The first kappa shape index (κ1) is 28.8. The van der Waals surface area contributed by atoms with E-state index in [2.05, 4.69) is 31.2 Å². The maximum absolute atomic E-state index is 14.6. The van der Waals surface area contributed by atoms with Crippen LogP contribution in [0.2, 0.25) is 0 Å². The van der Waals surface area contributed by atoms with Gasteiger partial charge in [-0.1, -0.05) is 6.07 Å². The number of rotatable bonds is 7. The van der Waals surface area contributed by atoms with Crippen molar-refractivity contribution in [3.05, 3.63) is 61.7 Å². The number of piperidine rings is 1. The quantitative estimate of drug-likeness (QED) is 0.340. The monoisotopic (exact) mass is 658 g/mol. The number of sulfonamides is 1. The van der Waals surface area contributed by atoms with Gasteiger partial charge in [0, 0.05) is 36.3 Å². The number of nitrogens with one attached hydrogen (secondary N) is 1. The van der Waals surface area contributed by atoms with Gasteiger partial charge in [-0.3, -0.25) is 9.79 Å². The third-order valence-corrected chi connectivity index (χ3v) is 11.5. The van der Waals surface area contributed by atoms with Gasteiger partial charge in [0.15, 0.2) is 22.5 Å². The fraction of sp³-hybridized carbons (Fsp3) is 0.440. The van der Waals surface area contributed by atoms with Crippen LogP contribution >= 0.6 is 27.3 Å². The van der Waals surface area contributed by atoms with E-state index in [0.717, 1.165) is 6.07 Å². The van der Waals surface area contributed by atoms with Crippen molar-refractivity contribution in [3.8, 4) is 0 Å². The van der Waals surface area contributed by atoms with E-state index in [0.29, 0.717) is 29.4 Å². The van der Waals surface area contributed by atoms with Gasteiger partial charge in [-0.25, -0.2) is 31.3 Å². The van der Waals surface area contributed by atoms with Gasteiger partial charge >= 0.3 is 11.9 Å². The number of thiazole rings is 1. The predicted octanol–water partition coefficient (Wildman–Crippen LogP) is 3.61. The Morgan fingerprint density at radius 2 is 1.93 bits per heavy atom. The molecular weight excluding hydrogens is 634 g/mol. The number of hydrogen-bond acceptors (Lipinski definition) is 9. The molecule has 0 bridgehead atoms. The van der Waals surface area contributed by atoms with Gasteiger partial charge in [0.05, 0.1) is 28.3 Å². The summed E-state index contributed by atoms with van der Waals surface area (Å²) in [5, 5.41) is 13.9. The van der Waals surface area contributed by atoms with Crippen LogP contribution in [0, 0.1) is 23.5 Å². The third kappa shape index (κ3) is 5.19. The Hall–Kier alpha value is -2.75. The van der Waals surface area contributed by atoms with Gasteiger partial charge < -0.3 is 15.2 Å². The molecule has 15 heteroatoms. The summed E-state index contributed by atoms with van der Waals surface area (Å²) in [5.74, 6) is -4.51. The molecule has 1 saturated carbocycles. The Kier molecular flexibility index (Phi) is 8.10. The van der Waals surface area contributed by atoms with Crippen LogP contribution in [0.3, 0.4) is 0 Å². The lowest BCUT2D eigenvalue weighted by Crippen LogP contribution is -2.50. The molecule has 2 aliphatic heterocycles. The third-order valence-electron chi connectivity index (χ3n) is 7.56. The lowest BCUT2D eigenvalue weighted by Gasteiger charge is -2.40. The summed E-state index contributed by atoms with van der Waals surface area (Å²) >= 11 is 4.42. The molecule has 1 aliphatic carbocycles. The highest BCUT2D eigenvalue weighted by Crippen LogP contribution is 2.42. The zero-order valence-electron chi connectivity index (χ0n) is 21.1. The molecule has 2 fully saturated rings. The first-order chi connectivity index (χ1) is 19.0. The van der Waals surface area contributed by atoms with Gasteiger partial charge in [0.1, 0.15) is 6.04 Å². The van der Waals surface area contributed by atoms with Crippen LogP contribution < -0.4 is 5.32 Å². The molecule has 1 saturated heterocycles. The molecule has 0 spiro atoms. The molecule has 1 aromatic carbocycles. The second kappa shape index (κ2) is 11.3. The molecule has 5 rings (SSSR count). The summed E-state index contributed by atoms with van der Waals surface area (Å²) < 4.78 is 61.0. The number of carbonyl (C=O) groups excluding carboxylic acids is 1. The molecule has 214 valence electrons. The molecule has 2 aromatic rings. The number of amidine groups is 1. The maximum Gasteiger partial charge on any atom is 0.338 e. The van der Waals surface area contributed by atoms with E-state index in [1.807, 2.05) is 0 Å². The maximum atomic E-state index is 14.6. The van der Waals surface area contributed by atoms with Crippen LogP contribution in [0.5, 0.6) is 0 Å². The van der Waals surface area contributed by atoms with E-state index in [1.165, 1.54) is 28.8 Å². The van der Waals surface area contributed by atoms with E-state index >= 15 is 0 Å². The zero-order chi connectivity index (χ0) is 28.8. The number of benzene rings is 1. The minimum Gasteiger partial charge on any atom is -0.481 e. The molecule has 1 aromatic heterocycles. The second-order valence-corrected chi connectivity index (χ2v) is 13.7. The largest absolute Gasteiger partial charge is 0.481 e. The number of aliphatic carboxylic acids is 1. The minimum atomic E-state index is -3.67. The van der Waals surface area contributed by atoms with Crippen molar-refractivity contribution in [2.45, 2.75) is 37.0 Å². The van der Waals surface area contributed by atoms with Gasteiger partial charge in [-0.15, -0.1) is 11.3 Å². The van der Waals surface area contributed by atoms with E-state index in [1.54, 1.807) is 11.6 Å². The first-order valence-electron chi connectivity index (χ1n) is 12.4. The Morgan fingerprint density at radius 1 is 1.23 bits per heavy atom. The number of halogens is 3. The van der Waals surface area contributed by atoms with Crippen molar-refractivity contribution < 1.29 is 36.6 Å². The SMILES string of the molecule is COC(=O)C1=C(C2CCN(S(=O)(=O)[C@H]3C[C@H](C(=O)O)C3)CC2)NC(c2nccs2)=N[C@@H]1c1ccc(F)c(F)c1Br. The fourth-order valence-corrected chi connectivity index (χ4v) is 8.49. The summed E-state index contributed by atoms with van der Waals surface area (Å²) in [6.07, 6.45) is 2.48. The van der Waals surface area contributed by atoms with Crippen molar-refractivity contribution in [1.82, 2.24) is 14.6 Å². The number of hydrogen-bond donors (Lipinski definition) is 2. The lowest BCUT2D eigenvalue weighted by molar-refractivity contribution is -0.144. The number of methoxy groups -OCH3 is 1. The van der Waals surface area contributed by atoms with Crippen molar-refractivity contribution in [1.29, 1.82) is 0 Å². The highest BCUT2D eigenvalue weighted by Gasteiger charge is 2.46. The number of aliphatic imine (C=N–C) groups is 1. The van der Waals surface area contributed by atoms with E-state index in [-0.39, 0.29) is 47.5 Å². The molecule has 0 amide bonds. The Balaban J connectivity index is 1.48. The van der Waals surface area contributed by atoms with Crippen molar-refractivity contribution >= 4 is 55.1 Å². The highest BCUT2D eigenvalue weighted by atomic mass is 79.9. The van der Waals surface area contributed by atoms with Gasteiger partial charge in [-0.05, 0) is 53.2 Å². The highest BCUT2D eigenvalue weighted by molar-refractivity contribution is 9.10. The molecule has 3 heterocycles. The normalized spacial score (nSPS) is 24.2. The van der Waals surface area contributed by atoms with Crippen molar-refractivity contribution in [2.24, 2.45) is 16.8 Å². The number of ether oxygens (including phenoxy) is 1. The molecule has 1 atom stereocenters. The average molecular weight is 660 g/mol. The van der Waals surface area contributed by atoms with Crippen LogP contribution in [0.1, 0.15) is 42.3 Å². The molecule has 3 aliphatic rings. The zero-order valence-corrected chi connectivity index (χ0v) is 24.4. The smallest absolute Gasteiger partial charge is 0.338 e. The Morgan fingerprint density at radius 3 is 2.52 bits per heavy atom. The fourth-order valence-electron chi connectivity index (χ4n) is 5.27. The average Bonchev–Trinajstić information content (AvgIpc) is 3.45. The van der Waals surface area contributed by atoms with Crippen LogP contribution in [-0.2, 0) is 24.3 Å². The van der Waals surface area contributed by atoms with Crippen LogP contribution in [0.15, 0.2) is 44.4 Å². The number of carbonyl (C=O) groups is 2. The van der Waals surface area contributed by atoms with Gasteiger partial charge in [0.25, 0.3) is 0 Å². The van der Waals surface area contributed by atoms with E-state index in [4.69, 9.17) is 9.84 Å². The number of aromatic nitrogens is 1. The molecular formula is C25H25BrF2N4O6S2. The summed E-state index contributed by atoms with van der Waals surface area (Å²) in [4.78, 5) is 33.3.